The lowest BCUT2D eigenvalue weighted by molar-refractivity contribution is 0.0383. The number of pyridine rings is 1. The summed E-state index contributed by atoms with van der Waals surface area (Å²) in [5.74, 6) is 0.532. The first-order valence-corrected chi connectivity index (χ1v) is 9.49. The first kappa shape index (κ1) is 19.0. The van der Waals surface area contributed by atoms with Crippen LogP contribution < -0.4 is 16.8 Å². The second kappa shape index (κ2) is 8.38. The lowest BCUT2D eigenvalue weighted by atomic mass is 10.1. The fourth-order valence-electron chi connectivity index (χ4n) is 3.24. The Morgan fingerprint density at radius 3 is 2.59 bits per heavy atom. The van der Waals surface area contributed by atoms with Crippen molar-refractivity contribution in [3.63, 3.8) is 0 Å². The molecule has 0 radical (unpaired) electrons. The summed E-state index contributed by atoms with van der Waals surface area (Å²) in [5.41, 5.74) is 13.6. The minimum Gasteiger partial charge on any atom is -0.383 e. The third kappa shape index (κ3) is 4.25. The van der Waals surface area contributed by atoms with Crippen LogP contribution >= 0.6 is 0 Å². The van der Waals surface area contributed by atoms with Crippen molar-refractivity contribution in [1.29, 1.82) is 0 Å². The maximum Gasteiger partial charge on any atom is 0.255 e. The number of benzene rings is 1. The normalized spacial score (nSPS) is 14.8. The molecule has 0 unspecified atom stereocenters. The van der Waals surface area contributed by atoms with E-state index >= 15 is 0 Å². The quantitative estimate of drug-likeness (QED) is 0.583. The Balaban J connectivity index is 1.53. The molecule has 3 heterocycles. The molecule has 1 aromatic carbocycles. The van der Waals surface area contributed by atoms with Crippen LogP contribution in [0.2, 0.25) is 0 Å². The van der Waals surface area contributed by atoms with Crippen LogP contribution in [-0.4, -0.2) is 65.2 Å². The smallest absolute Gasteiger partial charge is 0.255 e. The molecule has 1 aliphatic rings. The third-order valence-electron chi connectivity index (χ3n) is 4.84. The molecule has 3 aromatic rings. The number of fused-ring (bicyclic) bond motifs is 1. The van der Waals surface area contributed by atoms with Crippen molar-refractivity contribution in [3.8, 4) is 11.4 Å². The zero-order valence-electron chi connectivity index (χ0n) is 16.0. The van der Waals surface area contributed by atoms with Crippen LogP contribution in [-0.2, 0) is 4.74 Å². The average molecular weight is 393 g/mol. The second-order valence-corrected chi connectivity index (χ2v) is 6.80. The van der Waals surface area contributed by atoms with Crippen molar-refractivity contribution in [2.45, 2.75) is 0 Å². The number of morpholine rings is 1. The van der Waals surface area contributed by atoms with E-state index in [0.717, 1.165) is 38.4 Å². The maximum atomic E-state index is 12.6. The van der Waals surface area contributed by atoms with Crippen LogP contribution in [0.5, 0.6) is 0 Å². The van der Waals surface area contributed by atoms with Gasteiger partial charge in [0.25, 0.3) is 5.91 Å². The van der Waals surface area contributed by atoms with Gasteiger partial charge in [-0.25, -0.2) is 15.0 Å². The highest BCUT2D eigenvalue weighted by Gasteiger charge is 2.17. The fraction of sp³-hybridized carbons (Fsp3) is 0.300. The Labute approximate surface area is 168 Å². The molecule has 150 valence electrons. The van der Waals surface area contributed by atoms with Gasteiger partial charge in [-0.3, -0.25) is 9.69 Å². The number of nitrogens with zero attached hydrogens (tertiary/aromatic N) is 4. The van der Waals surface area contributed by atoms with Gasteiger partial charge in [0.1, 0.15) is 11.6 Å². The minimum atomic E-state index is -0.295. The number of nitrogens with one attached hydrogen (secondary N) is 1. The average Bonchev–Trinajstić information content (AvgIpc) is 2.74. The zero-order chi connectivity index (χ0) is 20.2. The summed E-state index contributed by atoms with van der Waals surface area (Å²) < 4.78 is 5.32. The van der Waals surface area contributed by atoms with Crippen LogP contribution in [0.4, 0.5) is 11.6 Å². The van der Waals surface area contributed by atoms with Gasteiger partial charge in [0.05, 0.1) is 24.2 Å². The first-order valence-electron chi connectivity index (χ1n) is 9.49. The Morgan fingerprint density at radius 2 is 1.83 bits per heavy atom. The van der Waals surface area contributed by atoms with Crippen molar-refractivity contribution in [1.82, 2.24) is 25.2 Å². The second-order valence-electron chi connectivity index (χ2n) is 6.80. The minimum absolute atomic E-state index is 0.110. The number of hydrogen-bond acceptors (Lipinski definition) is 8. The van der Waals surface area contributed by atoms with Gasteiger partial charge in [-0.1, -0.05) is 30.3 Å². The number of rotatable bonds is 5. The van der Waals surface area contributed by atoms with E-state index in [1.165, 1.54) is 0 Å². The summed E-state index contributed by atoms with van der Waals surface area (Å²) >= 11 is 0. The standard InChI is InChI=1S/C20H23N7O2/c21-16-14-12-15(20(28)23-6-7-27-8-10-29-11-9-27)17(22)25-19(14)26-18(24-16)13-4-2-1-3-5-13/h1-5,12H,6-11H2,(H,23,28)(H4,21,22,24,25,26). The Bertz CT molecular complexity index is 1020. The lowest BCUT2D eigenvalue weighted by Crippen LogP contribution is -2.41. The number of anilines is 2. The molecule has 5 N–H and O–H groups in total. The third-order valence-corrected chi connectivity index (χ3v) is 4.84. The van der Waals surface area contributed by atoms with Crippen molar-refractivity contribution in [2.24, 2.45) is 0 Å². The molecule has 1 fully saturated rings. The van der Waals surface area contributed by atoms with E-state index in [4.69, 9.17) is 16.2 Å². The first-order chi connectivity index (χ1) is 14.1. The number of nitrogens with two attached hydrogens (primary N) is 2. The van der Waals surface area contributed by atoms with Crippen molar-refractivity contribution in [2.75, 3.05) is 50.9 Å². The Hall–Kier alpha value is -3.30. The summed E-state index contributed by atoms with van der Waals surface area (Å²) in [7, 11) is 0. The topological polar surface area (TPSA) is 132 Å². The van der Waals surface area contributed by atoms with Gasteiger partial charge in [0.2, 0.25) is 0 Å². The monoisotopic (exact) mass is 393 g/mol. The van der Waals surface area contributed by atoms with Crippen LogP contribution in [0.15, 0.2) is 36.4 Å². The number of nitrogen functional groups attached to an aromatic ring is 2. The number of hydrogen-bond donors (Lipinski definition) is 3. The number of amides is 1. The van der Waals surface area contributed by atoms with Gasteiger partial charge < -0.3 is 21.5 Å². The number of aromatic nitrogens is 3. The van der Waals surface area contributed by atoms with Crippen LogP contribution in [0.3, 0.4) is 0 Å². The van der Waals surface area contributed by atoms with Gasteiger partial charge in [-0.15, -0.1) is 0 Å². The SMILES string of the molecule is Nc1nc2nc(-c3ccccc3)nc(N)c2cc1C(=O)NCCN1CCOCC1. The molecule has 9 heteroatoms. The van der Waals surface area contributed by atoms with E-state index in [2.05, 4.69) is 25.2 Å². The van der Waals surface area contributed by atoms with E-state index in [1.807, 2.05) is 30.3 Å². The zero-order valence-corrected chi connectivity index (χ0v) is 16.0. The summed E-state index contributed by atoms with van der Waals surface area (Å²) in [5, 5.41) is 3.38. The van der Waals surface area contributed by atoms with E-state index < -0.39 is 0 Å². The molecule has 9 nitrogen and oxygen atoms in total. The highest BCUT2D eigenvalue weighted by Crippen LogP contribution is 2.24. The molecule has 0 bridgehead atoms. The summed E-state index contributed by atoms with van der Waals surface area (Å²) in [6.45, 7) is 4.44. The molecule has 0 saturated carbocycles. The summed E-state index contributed by atoms with van der Waals surface area (Å²) in [6.07, 6.45) is 0. The molecular formula is C20H23N7O2. The maximum absolute atomic E-state index is 12.6. The van der Waals surface area contributed by atoms with Gasteiger partial charge >= 0.3 is 0 Å². The molecule has 0 spiro atoms. The fourth-order valence-corrected chi connectivity index (χ4v) is 3.24. The van der Waals surface area contributed by atoms with Crippen molar-refractivity contribution in [3.05, 3.63) is 42.0 Å². The predicted molar refractivity (Wildman–Crippen MR) is 111 cm³/mol. The van der Waals surface area contributed by atoms with Gasteiger partial charge in [0.15, 0.2) is 11.5 Å². The number of carbonyl (C=O) groups is 1. The molecule has 4 rings (SSSR count). The predicted octanol–water partition coefficient (Wildman–Crippen LogP) is 0.918. The van der Waals surface area contributed by atoms with Crippen molar-refractivity contribution >= 4 is 28.6 Å². The molecule has 0 aliphatic carbocycles. The van der Waals surface area contributed by atoms with Crippen LogP contribution in [0.1, 0.15) is 10.4 Å². The van der Waals surface area contributed by atoms with E-state index in [-0.39, 0.29) is 23.1 Å². The van der Waals surface area contributed by atoms with Gasteiger partial charge in [-0.05, 0) is 6.07 Å². The number of ether oxygens (including phenoxy) is 1. The molecule has 1 aliphatic heterocycles. The number of carbonyl (C=O) groups excluding carboxylic acids is 1. The van der Waals surface area contributed by atoms with Gasteiger partial charge in [-0.2, -0.15) is 0 Å². The molecule has 0 atom stereocenters. The molecule has 1 amide bonds. The molecule has 1 saturated heterocycles. The highest BCUT2D eigenvalue weighted by atomic mass is 16.5. The van der Waals surface area contributed by atoms with Crippen LogP contribution in [0, 0.1) is 0 Å². The summed E-state index contributed by atoms with van der Waals surface area (Å²) in [4.78, 5) is 28.0. The Morgan fingerprint density at radius 1 is 1.07 bits per heavy atom. The Kier molecular flexibility index (Phi) is 5.50. The molecular weight excluding hydrogens is 370 g/mol. The largest absolute Gasteiger partial charge is 0.383 e. The van der Waals surface area contributed by atoms with Crippen molar-refractivity contribution < 1.29 is 9.53 Å². The lowest BCUT2D eigenvalue weighted by Gasteiger charge is -2.26. The summed E-state index contributed by atoms with van der Waals surface area (Å²) in [6, 6.07) is 11.1. The van der Waals surface area contributed by atoms with E-state index in [1.54, 1.807) is 6.07 Å². The van der Waals surface area contributed by atoms with E-state index in [0.29, 0.717) is 23.4 Å². The van der Waals surface area contributed by atoms with Crippen LogP contribution in [0.25, 0.3) is 22.4 Å². The molecule has 2 aromatic heterocycles. The molecule has 29 heavy (non-hydrogen) atoms. The van der Waals surface area contributed by atoms with Gasteiger partial charge in [0, 0.05) is 31.7 Å². The highest BCUT2D eigenvalue weighted by molar-refractivity contribution is 6.03. The van der Waals surface area contributed by atoms with E-state index in [9.17, 15) is 4.79 Å².